The molecule has 134 valence electrons. The summed E-state index contributed by atoms with van der Waals surface area (Å²) in [5.41, 5.74) is 12.0. The highest BCUT2D eigenvalue weighted by molar-refractivity contribution is 5.95. The number of rotatable bonds is 2. The van der Waals surface area contributed by atoms with Crippen molar-refractivity contribution in [1.29, 1.82) is 0 Å². The van der Waals surface area contributed by atoms with Gasteiger partial charge in [-0.2, -0.15) is 0 Å². The largest absolute Gasteiger partial charge is 0.465 e. The maximum Gasteiger partial charge on any atom is 0.339 e. The van der Waals surface area contributed by atoms with Gasteiger partial charge in [0.05, 0.1) is 19.3 Å². The number of hydrogen-bond donors (Lipinski definition) is 3. The molecule has 0 aliphatic rings. The van der Waals surface area contributed by atoms with E-state index in [0.29, 0.717) is 16.8 Å². The van der Waals surface area contributed by atoms with Crippen LogP contribution in [0.4, 0.5) is 5.69 Å². The predicted octanol–water partition coefficient (Wildman–Crippen LogP) is 0.0536. The minimum atomic E-state index is -0.562. The normalized spacial score (nSPS) is 8.54. The average Bonchev–Trinajstić information content (AvgIpc) is 2.46. The maximum atomic E-state index is 11.2. The summed E-state index contributed by atoms with van der Waals surface area (Å²) in [6, 6.07) is 3.20. The van der Waals surface area contributed by atoms with Crippen LogP contribution in [0.2, 0.25) is 0 Å². The second kappa shape index (κ2) is 12.6. The van der Waals surface area contributed by atoms with E-state index >= 15 is 0 Å². The number of amides is 1. The molecule has 9 nitrogen and oxygen atoms in total. The molecule has 1 amide bonds. The summed E-state index contributed by atoms with van der Waals surface area (Å²) >= 11 is 0. The Morgan fingerprint density at radius 3 is 1.96 bits per heavy atom. The third-order valence-electron chi connectivity index (χ3n) is 2.37. The number of aryl methyl sites for hydroxylation is 1. The number of nitrogens with two attached hydrogens (primary N) is 2. The summed E-state index contributed by atoms with van der Waals surface area (Å²) < 4.78 is 8.53. The van der Waals surface area contributed by atoms with Crippen LogP contribution < -0.4 is 11.5 Å². The molecule has 0 bridgehead atoms. The fourth-order valence-corrected chi connectivity index (χ4v) is 1.43. The van der Waals surface area contributed by atoms with Gasteiger partial charge in [-0.05, 0) is 30.2 Å². The van der Waals surface area contributed by atoms with Gasteiger partial charge in [0.25, 0.3) is 0 Å². The van der Waals surface area contributed by atoms with Crippen LogP contribution in [0, 0.1) is 6.92 Å². The topological polar surface area (TPSA) is 159 Å². The molecule has 0 spiro atoms. The highest BCUT2D eigenvalue weighted by Crippen LogP contribution is 2.19. The van der Waals surface area contributed by atoms with Gasteiger partial charge in [0.15, 0.2) is 0 Å². The number of primary amides is 1. The smallest absolute Gasteiger partial charge is 0.339 e. The summed E-state index contributed by atoms with van der Waals surface area (Å²) in [5.74, 6) is -1.61. The molecule has 1 aromatic carbocycles. The first-order valence-electron chi connectivity index (χ1n) is 6.57. The van der Waals surface area contributed by atoms with Gasteiger partial charge in [-0.15, -0.1) is 0 Å². The molecule has 1 rings (SSSR count). The fourth-order valence-electron chi connectivity index (χ4n) is 1.43. The van der Waals surface area contributed by atoms with Crippen molar-refractivity contribution in [3.05, 3.63) is 28.8 Å². The molecule has 0 aromatic heterocycles. The van der Waals surface area contributed by atoms with E-state index in [1.807, 2.05) is 6.92 Å². The van der Waals surface area contributed by atoms with E-state index in [1.54, 1.807) is 12.1 Å². The number of nitrogen functional groups attached to an aromatic ring is 1. The van der Waals surface area contributed by atoms with Gasteiger partial charge in [0, 0.05) is 19.5 Å². The van der Waals surface area contributed by atoms with Crippen LogP contribution in [0.5, 0.6) is 0 Å². The Labute approximate surface area is 139 Å². The molecule has 0 heterocycles. The zero-order chi connectivity index (χ0) is 19.3. The van der Waals surface area contributed by atoms with Gasteiger partial charge in [-0.1, -0.05) is 0 Å². The second-order valence-electron chi connectivity index (χ2n) is 4.24. The number of esters is 3. The molecular formula is C15H22N2O7. The van der Waals surface area contributed by atoms with Crippen LogP contribution in [0.25, 0.3) is 0 Å². The van der Waals surface area contributed by atoms with Crippen molar-refractivity contribution in [1.82, 2.24) is 0 Å². The van der Waals surface area contributed by atoms with Crippen LogP contribution in [0.1, 0.15) is 35.3 Å². The highest BCUT2D eigenvalue weighted by atomic mass is 16.6. The van der Waals surface area contributed by atoms with Gasteiger partial charge >= 0.3 is 17.9 Å². The first-order valence-corrected chi connectivity index (χ1v) is 6.57. The quantitative estimate of drug-likeness (QED) is 0.294. The first-order chi connectivity index (χ1) is 11.1. The van der Waals surface area contributed by atoms with Crippen molar-refractivity contribution in [3.8, 4) is 0 Å². The predicted molar refractivity (Wildman–Crippen MR) is 85.6 cm³/mol. The van der Waals surface area contributed by atoms with E-state index < -0.39 is 17.9 Å². The molecule has 0 saturated carbocycles. The van der Waals surface area contributed by atoms with Crippen molar-refractivity contribution < 1.29 is 33.8 Å². The number of carbonyl (C=O) groups is 4. The molecule has 0 radical (unpaired) electrons. The lowest BCUT2D eigenvalue weighted by atomic mass is 10.0. The lowest BCUT2D eigenvalue weighted by molar-refractivity contribution is -0.156. The second-order valence-corrected chi connectivity index (χ2v) is 4.24. The van der Waals surface area contributed by atoms with Gasteiger partial charge in [0.1, 0.15) is 0 Å². The Bertz CT molecular complexity index is 573. The molecule has 24 heavy (non-hydrogen) atoms. The first kappa shape index (κ1) is 23.3. The number of aliphatic hydroxyl groups is 1. The van der Waals surface area contributed by atoms with E-state index in [-0.39, 0.29) is 13.0 Å². The van der Waals surface area contributed by atoms with Gasteiger partial charge < -0.3 is 26.0 Å². The van der Waals surface area contributed by atoms with Crippen molar-refractivity contribution >= 4 is 30.0 Å². The maximum absolute atomic E-state index is 11.2. The molecule has 0 fully saturated rings. The Kier molecular flexibility index (Phi) is 12.2. The van der Waals surface area contributed by atoms with Crippen molar-refractivity contribution in [3.63, 3.8) is 0 Å². The van der Waals surface area contributed by atoms with Crippen LogP contribution in [-0.4, -0.2) is 36.5 Å². The average molecular weight is 342 g/mol. The lowest BCUT2D eigenvalue weighted by Gasteiger charge is -2.08. The molecular weight excluding hydrogens is 320 g/mol. The van der Waals surface area contributed by atoms with E-state index in [9.17, 15) is 14.4 Å². The molecule has 0 unspecified atom stereocenters. The highest BCUT2D eigenvalue weighted by Gasteiger charge is 2.12. The minimum Gasteiger partial charge on any atom is -0.465 e. The summed E-state index contributed by atoms with van der Waals surface area (Å²) in [6.45, 7) is 4.07. The number of hydrogen-bond acceptors (Lipinski definition) is 8. The Morgan fingerprint density at radius 1 is 1.21 bits per heavy atom. The Hall–Kier alpha value is -2.94. The molecule has 5 N–H and O–H groups in total. The van der Waals surface area contributed by atoms with Crippen LogP contribution >= 0.6 is 0 Å². The fraction of sp³-hybridized carbons (Fsp3) is 0.333. The molecule has 0 saturated heterocycles. The van der Waals surface area contributed by atoms with E-state index in [4.69, 9.17) is 15.6 Å². The van der Waals surface area contributed by atoms with Crippen LogP contribution in [0.15, 0.2) is 12.1 Å². The van der Waals surface area contributed by atoms with Crippen LogP contribution in [-0.2, 0) is 30.5 Å². The molecule has 0 aliphatic carbocycles. The molecule has 0 atom stereocenters. The standard InChI is InChI=1S/C10H13NO3.C4H6O3.CH3NO/c1-6-3-9(11)8(10(13)14-2)4-7(6)5-12;1-3(5)7-4(2)6;2-1-3/h3-4,12H,5,11H2,1-2H3;1-2H3;1H,(H2,2,3). The molecule has 1 aromatic rings. The zero-order valence-corrected chi connectivity index (χ0v) is 14.0. The number of aliphatic hydroxyl groups excluding tert-OH is 1. The zero-order valence-electron chi connectivity index (χ0n) is 14.0. The van der Waals surface area contributed by atoms with Gasteiger partial charge in [-0.3, -0.25) is 14.4 Å². The summed E-state index contributed by atoms with van der Waals surface area (Å²) in [4.78, 5) is 39.4. The summed E-state index contributed by atoms with van der Waals surface area (Å²) in [5, 5.41) is 9.00. The number of ether oxygens (including phenoxy) is 2. The minimum absolute atomic E-state index is 0.115. The summed E-state index contributed by atoms with van der Waals surface area (Å²) in [7, 11) is 1.29. The van der Waals surface area contributed by atoms with Crippen molar-refractivity contribution in [2.24, 2.45) is 5.73 Å². The third kappa shape index (κ3) is 9.90. The number of methoxy groups -OCH3 is 1. The number of anilines is 1. The van der Waals surface area contributed by atoms with E-state index in [1.165, 1.54) is 21.0 Å². The number of carbonyl (C=O) groups excluding carboxylic acids is 4. The Balaban J connectivity index is 0. The van der Waals surface area contributed by atoms with Crippen LogP contribution in [0.3, 0.4) is 0 Å². The molecule has 0 aliphatic heterocycles. The number of benzene rings is 1. The lowest BCUT2D eigenvalue weighted by Crippen LogP contribution is -2.07. The van der Waals surface area contributed by atoms with Crippen molar-refractivity contribution in [2.45, 2.75) is 27.4 Å². The summed E-state index contributed by atoms with van der Waals surface area (Å²) in [6.07, 6.45) is 0.250. The Morgan fingerprint density at radius 2 is 1.67 bits per heavy atom. The van der Waals surface area contributed by atoms with Crippen molar-refractivity contribution in [2.75, 3.05) is 12.8 Å². The SMILES string of the molecule is CC(=O)OC(C)=O.COC(=O)c1cc(CO)c(C)cc1N.NC=O. The third-order valence-corrected chi connectivity index (χ3v) is 2.37. The van der Waals surface area contributed by atoms with Gasteiger partial charge in [-0.25, -0.2) is 4.79 Å². The van der Waals surface area contributed by atoms with E-state index in [2.05, 4.69) is 15.2 Å². The molecule has 9 heteroatoms. The van der Waals surface area contributed by atoms with Gasteiger partial charge in [0.2, 0.25) is 6.41 Å². The van der Waals surface area contributed by atoms with E-state index in [0.717, 1.165) is 5.56 Å². The monoisotopic (exact) mass is 342 g/mol.